The van der Waals surface area contributed by atoms with Gasteiger partial charge < -0.3 is 10.6 Å². The maximum absolute atomic E-state index is 6.14. The van der Waals surface area contributed by atoms with Crippen molar-refractivity contribution in [2.45, 2.75) is 13.5 Å². The van der Waals surface area contributed by atoms with E-state index in [1.807, 2.05) is 31.2 Å². The van der Waals surface area contributed by atoms with E-state index < -0.39 is 0 Å². The number of benzene rings is 1. The summed E-state index contributed by atoms with van der Waals surface area (Å²) in [6.07, 6.45) is 0. The van der Waals surface area contributed by atoms with Crippen LogP contribution in [0.2, 0.25) is 15.1 Å². The van der Waals surface area contributed by atoms with Crippen molar-refractivity contribution < 1.29 is 0 Å². The fraction of sp³-hybridized carbons (Fsp3) is 0.214. The van der Waals surface area contributed by atoms with E-state index in [0.717, 1.165) is 12.1 Å². The zero-order chi connectivity index (χ0) is 14.5. The van der Waals surface area contributed by atoms with Gasteiger partial charge in [-0.1, -0.05) is 46.9 Å². The highest BCUT2D eigenvalue weighted by atomic mass is 35.5. The van der Waals surface area contributed by atoms with Crippen molar-refractivity contribution in [1.29, 1.82) is 0 Å². The molecule has 0 spiro atoms. The van der Waals surface area contributed by atoms with Gasteiger partial charge in [0.1, 0.15) is 11.6 Å². The number of aromatic nitrogens is 1. The molecule has 6 heteroatoms. The lowest BCUT2D eigenvalue weighted by Crippen LogP contribution is -2.06. The van der Waals surface area contributed by atoms with Crippen LogP contribution in [0.15, 0.2) is 30.3 Å². The lowest BCUT2D eigenvalue weighted by atomic mass is 10.2. The van der Waals surface area contributed by atoms with Crippen LogP contribution in [0.4, 0.5) is 11.6 Å². The van der Waals surface area contributed by atoms with Crippen molar-refractivity contribution in [3.8, 4) is 0 Å². The van der Waals surface area contributed by atoms with E-state index in [0.29, 0.717) is 33.2 Å². The molecular formula is C14H14Cl3N3. The smallest absolute Gasteiger partial charge is 0.147 e. The van der Waals surface area contributed by atoms with E-state index in [2.05, 4.69) is 15.6 Å². The van der Waals surface area contributed by atoms with Gasteiger partial charge in [-0.15, -0.1) is 0 Å². The zero-order valence-corrected chi connectivity index (χ0v) is 13.1. The van der Waals surface area contributed by atoms with Gasteiger partial charge in [-0.3, -0.25) is 0 Å². The number of halogens is 3. The maximum Gasteiger partial charge on any atom is 0.147 e. The highest BCUT2D eigenvalue weighted by Gasteiger charge is 2.08. The Labute approximate surface area is 133 Å². The Morgan fingerprint density at radius 2 is 1.70 bits per heavy atom. The number of rotatable bonds is 5. The summed E-state index contributed by atoms with van der Waals surface area (Å²) in [5, 5.41) is 7.96. The molecule has 106 valence electrons. The van der Waals surface area contributed by atoms with E-state index in [-0.39, 0.29) is 0 Å². The van der Waals surface area contributed by atoms with Crippen molar-refractivity contribution >= 4 is 46.4 Å². The van der Waals surface area contributed by atoms with Gasteiger partial charge in [0.25, 0.3) is 0 Å². The van der Waals surface area contributed by atoms with Crippen molar-refractivity contribution in [3.05, 3.63) is 51.0 Å². The van der Waals surface area contributed by atoms with Crippen LogP contribution in [0.5, 0.6) is 0 Å². The molecule has 0 atom stereocenters. The van der Waals surface area contributed by atoms with Crippen LogP contribution in [-0.2, 0) is 6.54 Å². The first-order valence-electron chi connectivity index (χ1n) is 6.18. The van der Waals surface area contributed by atoms with Gasteiger partial charge in [-0.2, -0.15) is 0 Å². The molecule has 0 fully saturated rings. The van der Waals surface area contributed by atoms with Gasteiger partial charge in [-0.05, 0) is 30.7 Å². The van der Waals surface area contributed by atoms with Crippen molar-refractivity contribution in [3.63, 3.8) is 0 Å². The van der Waals surface area contributed by atoms with E-state index >= 15 is 0 Å². The minimum Gasteiger partial charge on any atom is -0.369 e. The van der Waals surface area contributed by atoms with E-state index in [1.165, 1.54) is 0 Å². The zero-order valence-electron chi connectivity index (χ0n) is 10.9. The van der Waals surface area contributed by atoms with E-state index in [1.54, 1.807) is 6.07 Å². The monoisotopic (exact) mass is 329 g/mol. The van der Waals surface area contributed by atoms with Crippen LogP contribution in [-0.4, -0.2) is 11.5 Å². The lowest BCUT2D eigenvalue weighted by molar-refractivity contribution is 1.10. The molecule has 0 saturated carbocycles. The molecule has 3 nitrogen and oxygen atoms in total. The van der Waals surface area contributed by atoms with Crippen LogP contribution in [0.1, 0.15) is 12.5 Å². The topological polar surface area (TPSA) is 37.0 Å². The fourth-order valence-electron chi connectivity index (χ4n) is 1.71. The van der Waals surface area contributed by atoms with Gasteiger partial charge >= 0.3 is 0 Å². The summed E-state index contributed by atoms with van der Waals surface area (Å²) in [4.78, 5) is 4.38. The number of nitrogens with one attached hydrogen (secondary N) is 2. The summed E-state index contributed by atoms with van der Waals surface area (Å²) in [5.41, 5.74) is 1.05. The quantitative estimate of drug-likeness (QED) is 0.802. The van der Waals surface area contributed by atoms with Crippen molar-refractivity contribution in [2.75, 3.05) is 17.2 Å². The molecule has 0 aliphatic rings. The second-order valence-corrected chi connectivity index (χ2v) is 5.41. The Kier molecular flexibility index (Phi) is 5.35. The normalized spacial score (nSPS) is 10.4. The molecule has 20 heavy (non-hydrogen) atoms. The lowest BCUT2D eigenvalue weighted by Gasteiger charge is -2.12. The molecule has 1 aromatic heterocycles. The second-order valence-electron chi connectivity index (χ2n) is 4.16. The Hall–Kier alpha value is -1.16. The third-order valence-corrected chi connectivity index (χ3v) is 3.43. The van der Waals surface area contributed by atoms with Gasteiger partial charge in [-0.25, -0.2) is 4.98 Å². The number of hydrogen-bond acceptors (Lipinski definition) is 3. The Morgan fingerprint density at radius 3 is 2.35 bits per heavy atom. The Morgan fingerprint density at radius 1 is 1.00 bits per heavy atom. The maximum atomic E-state index is 6.14. The minimum atomic E-state index is 0.485. The minimum absolute atomic E-state index is 0.485. The van der Waals surface area contributed by atoms with Crippen LogP contribution in [0, 0.1) is 0 Å². The third-order valence-electron chi connectivity index (χ3n) is 2.62. The molecule has 2 rings (SSSR count). The van der Waals surface area contributed by atoms with Crippen LogP contribution < -0.4 is 10.6 Å². The largest absolute Gasteiger partial charge is 0.369 e. The van der Waals surface area contributed by atoms with Crippen LogP contribution >= 0.6 is 34.8 Å². The summed E-state index contributed by atoms with van der Waals surface area (Å²) in [7, 11) is 0. The standard InChI is InChI=1S/C14H14Cl3N3/c1-2-18-13-11(16)7-12(17)14(20-13)19-8-9-4-3-5-10(15)6-9/h3-7H,2,8H2,1H3,(H2,18,19,20). The molecule has 0 aliphatic heterocycles. The molecule has 2 N–H and O–H groups in total. The van der Waals surface area contributed by atoms with E-state index in [4.69, 9.17) is 34.8 Å². The fourth-order valence-corrected chi connectivity index (χ4v) is 2.42. The molecule has 0 radical (unpaired) electrons. The predicted octanol–water partition coefficient (Wildman–Crippen LogP) is 5.09. The third kappa shape index (κ3) is 3.92. The first-order valence-corrected chi connectivity index (χ1v) is 7.31. The van der Waals surface area contributed by atoms with Gasteiger partial charge in [0, 0.05) is 18.1 Å². The number of pyridine rings is 1. The summed E-state index contributed by atoms with van der Waals surface area (Å²) in [5.74, 6) is 1.21. The molecular weight excluding hydrogens is 317 g/mol. The average molecular weight is 331 g/mol. The molecule has 1 aromatic carbocycles. The Balaban J connectivity index is 2.14. The summed E-state index contributed by atoms with van der Waals surface area (Å²) < 4.78 is 0. The number of nitrogens with zero attached hydrogens (tertiary/aromatic N) is 1. The molecule has 1 heterocycles. The van der Waals surface area contributed by atoms with Gasteiger partial charge in [0.2, 0.25) is 0 Å². The first kappa shape index (κ1) is 15.2. The van der Waals surface area contributed by atoms with E-state index in [9.17, 15) is 0 Å². The molecule has 0 saturated heterocycles. The summed E-state index contributed by atoms with van der Waals surface area (Å²) >= 11 is 18.1. The molecule has 0 amide bonds. The first-order chi connectivity index (χ1) is 9.60. The SMILES string of the molecule is CCNc1nc(NCc2cccc(Cl)c2)c(Cl)cc1Cl. The summed E-state index contributed by atoms with van der Waals surface area (Å²) in [6.45, 7) is 3.30. The van der Waals surface area contributed by atoms with Crippen LogP contribution in [0.25, 0.3) is 0 Å². The molecule has 0 bridgehead atoms. The second kappa shape index (κ2) is 7.02. The van der Waals surface area contributed by atoms with Gasteiger partial charge in [0.15, 0.2) is 0 Å². The molecule has 2 aromatic rings. The summed E-state index contributed by atoms with van der Waals surface area (Å²) in [6, 6.07) is 9.29. The molecule has 0 unspecified atom stereocenters. The molecule has 0 aliphatic carbocycles. The number of anilines is 2. The van der Waals surface area contributed by atoms with Crippen molar-refractivity contribution in [1.82, 2.24) is 4.98 Å². The average Bonchev–Trinajstić information content (AvgIpc) is 2.41. The van der Waals surface area contributed by atoms with Crippen LogP contribution in [0.3, 0.4) is 0 Å². The predicted molar refractivity (Wildman–Crippen MR) is 87.2 cm³/mol. The van der Waals surface area contributed by atoms with Crippen molar-refractivity contribution in [2.24, 2.45) is 0 Å². The highest BCUT2D eigenvalue weighted by molar-refractivity contribution is 6.37. The number of hydrogen-bond donors (Lipinski definition) is 2. The Bertz CT molecular complexity index is 602. The highest BCUT2D eigenvalue weighted by Crippen LogP contribution is 2.29. The van der Waals surface area contributed by atoms with Gasteiger partial charge in [0.05, 0.1) is 10.0 Å².